The number of rotatable bonds is 5. The molecule has 0 bridgehead atoms. The van der Waals surface area contributed by atoms with Crippen LogP contribution in [0.1, 0.15) is 34.5 Å². The smallest absolute Gasteiger partial charge is 0.339 e. The van der Waals surface area contributed by atoms with E-state index in [1.807, 2.05) is 24.1 Å². The van der Waals surface area contributed by atoms with Crippen LogP contribution in [-0.2, 0) is 9.47 Å². The second-order valence-electron chi connectivity index (χ2n) is 6.68. The number of ether oxygens (including phenoxy) is 3. The molecule has 2 atom stereocenters. The Hall–Kier alpha value is -2.16. The van der Waals surface area contributed by atoms with Gasteiger partial charge in [0.2, 0.25) is 0 Å². The summed E-state index contributed by atoms with van der Waals surface area (Å²) >= 11 is 1.56. The van der Waals surface area contributed by atoms with Gasteiger partial charge in [-0.1, -0.05) is 6.07 Å². The van der Waals surface area contributed by atoms with Crippen LogP contribution in [0.5, 0.6) is 5.75 Å². The predicted molar refractivity (Wildman–Crippen MR) is 101 cm³/mol. The van der Waals surface area contributed by atoms with E-state index in [0.717, 1.165) is 35.9 Å². The number of hydrogen-bond donors (Lipinski definition) is 1. The zero-order valence-electron chi connectivity index (χ0n) is 15.1. The summed E-state index contributed by atoms with van der Waals surface area (Å²) in [5, 5.41) is 10.3. The number of anilines is 2. The standard InChI is InChI=1S/C19H22N2O5S/c1-12-9-20-19(27-12)21-13(10-25-16-7-2-3-8-24-16)11-26-17-14(18(22)23)5-4-6-15(17)21/h4-6,9,13,16H,2-3,7-8,10-11H2,1H3,(H,22,23)/t13?,16-/m0/s1. The van der Waals surface area contributed by atoms with Crippen LogP contribution in [0.2, 0.25) is 0 Å². The van der Waals surface area contributed by atoms with Gasteiger partial charge in [0.25, 0.3) is 0 Å². The van der Waals surface area contributed by atoms with Crippen molar-refractivity contribution in [3.8, 4) is 5.75 Å². The maximum Gasteiger partial charge on any atom is 0.339 e. The van der Waals surface area contributed by atoms with Crippen LogP contribution in [0.25, 0.3) is 0 Å². The van der Waals surface area contributed by atoms with E-state index in [0.29, 0.717) is 24.7 Å². The van der Waals surface area contributed by atoms with Gasteiger partial charge in [0.1, 0.15) is 12.2 Å². The second-order valence-corrected chi connectivity index (χ2v) is 7.89. The minimum atomic E-state index is -1.01. The largest absolute Gasteiger partial charge is 0.488 e. The van der Waals surface area contributed by atoms with Crippen molar-refractivity contribution in [2.45, 2.75) is 38.5 Å². The Morgan fingerprint density at radius 3 is 3.04 bits per heavy atom. The number of carbonyl (C=O) groups is 1. The van der Waals surface area contributed by atoms with Crippen molar-refractivity contribution in [1.29, 1.82) is 0 Å². The van der Waals surface area contributed by atoms with Crippen molar-refractivity contribution >= 4 is 28.1 Å². The number of para-hydroxylation sites is 1. The maximum absolute atomic E-state index is 11.6. The molecule has 4 rings (SSSR count). The topological polar surface area (TPSA) is 81.1 Å². The van der Waals surface area contributed by atoms with Gasteiger partial charge in [0.15, 0.2) is 17.2 Å². The first-order valence-corrected chi connectivity index (χ1v) is 9.89. The molecule has 144 valence electrons. The number of fused-ring (bicyclic) bond motifs is 1. The first kappa shape index (κ1) is 18.2. The molecule has 8 heteroatoms. The SMILES string of the molecule is Cc1cnc(N2c3cccc(C(=O)O)c3OCC2CO[C@H]2CCCCO2)s1. The van der Waals surface area contributed by atoms with Crippen molar-refractivity contribution in [3.63, 3.8) is 0 Å². The van der Waals surface area contributed by atoms with Crippen molar-refractivity contribution in [2.75, 3.05) is 24.7 Å². The zero-order chi connectivity index (χ0) is 18.8. The van der Waals surface area contributed by atoms with Crippen LogP contribution in [0, 0.1) is 6.92 Å². The van der Waals surface area contributed by atoms with Crippen molar-refractivity contribution in [3.05, 3.63) is 34.8 Å². The third kappa shape index (κ3) is 3.78. The van der Waals surface area contributed by atoms with E-state index >= 15 is 0 Å². The van der Waals surface area contributed by atoms with E-state index in [4.69, 9.17) is 14.2 Å². The Balaban J connectivity index is 1.63. The fourth-order valence-corrected chi connectivity index (χ4v) is 4.23. The third-order valence-electron chi connectivity index (χ3n) is 4.70. The number of aryl methyl sites for hydroxylation is 1. The summed E-state index contributed by atoms with van der Waals surface area (Å²) in [7, 11) is 0. The Bertz CT molecular complexity index is 818. The summed E-state index contributed by atoms with van der Waals surface area (Å²) in [5.41, 5.74) is 0.856. The monoisotopic (exact) mass is 390 g/mol. The van der Waals surface area contributed by atoms with Crippen molar-refractivity contribution < 1.29 is 24.1 Å². The number of nitrogens with zero attached hydrogens (tertiary/aromatic N) is 2. The van der Waals surface area contributed by atoms with E-state index in [2.05, 4.69) is 4.98 Å². The highest BCUT2D eigenvalue weighted by Crippen LogP contribution is 2.42. The van der Waals surface area contributed by atoms with Crippen LogP contribution in [0.15, 0.2) is 24.4 Å². The molecule has 1 unspecified atom stereocenters. The third-order valence-corrected chi connectivity index (χ3v) is 5.61. The summed E-state index contributed by atoms with van der Waals surface area (Å²) in [6, 6.07) is 5.03. The van der Waals surface area contributed by atoms with E-state index in [-0.39, 0.29) is 17.9 Å². The number of carboxylic acids is 1. The molecule has 7 nitrogen and oxygen atoms in total. The molecule has 2 aromatic rings. The van der Waals surface area contributed by atoms with Gasteiger partial charge in [-0.3, -0.25) is 0 Å². The van der Waals surface area contributed by atoms with Crippen LogP contribution >= 0.6 is 11.3 Å². The van der Waals surface area contributed by atoms with Gasteiger partial charge in [-0.05, 0) is 38.3 Å². The lowest BCUT2D eigenvalue weighted by atomic mass is 10.1. The molecule has 1 fully saturated rings. The zero-order valence-corrected chi connectivity index (χ0v) is 15.9. The molecule has 27 heavy (non-hydrogen) atoms. The number of benzene rings is 1. The van der Waals surface area contributed by atoms with E-state index in [1.54, 1.807) is 23.5 Å². The van der Waals surface area contributed by atoms with Crippen molar-refractivity contribution in [2.24, 2.45) is 0 Å². The average molecular weight is 390 g/mol. The normalized spacial score (nSPS) is 22.2. The van der Waals surface area contributed by atoms with Gasteiger partial charge in [0, 0.05) is 17.7 Å². The fourth-order valence-electron chi connectivity index (χ4n) is 3.38. The molecular formula is C19H22N2O5S. The number of carboxylic acid groups (broad SMARTS) is 1. The molecule has 0 amide bonds. The van der Waals surface area contributed by atoms with Crippen LogP contribution in [-0.4, -0.2) is 48.2 Å². The van der Waals surface area contributed by atoms with E-state index in [9.17, 15) is 9.90 Å². The molecule has 1 aromatic carbocycles. The molecule has 2 aliphatic heterocycles. The van der Waals surface area contributed by atoms with Gasteiger partial charge >= 0.3 is 5.97 Å². The number of thiazole rings is 1. The molecule has 2 aliphatic rings. The summed E-state index contributed by atoms with van der Waals surface area (Å²) < 4.78 is 17.5. The summed E-state index contributed by atoms with van der Waals surface area (Å²) in [4.78, 5) is 19.2. The quantitative estimate of drug-likeness (QED) is 0.835. The van der Waals surface area contributed by atoms with Gasteiger partial charge in [-0.2, -0.15) is 0 Å². The molecule has 0 radical (unpaired) electrons. The molecule has 0 aliphatic carbocycles. The minimum Gasteiger partial charge on any atom is -0.488 e. The maximum atomic E-state index is 11.6. The minimum absolute atomic E-state index is 0.113. The summed E-state index contributed by atoms with van der Waals surface area (Å²) in [5.74, 6) is -0.629. The van der Waals surface area contributed by atoms with Crippen LogP contribution in [0.3, 0.4) is 0 Å². The number of hydrogen-bond acceptors (Lipinski definition) is 7. The van der Waals surface area contributed by atoms with Crippen LogP contribution < -0.4 is 9.64 Å². The van der Waals surface area contributed by atoms with Crippen LogP contribution in [0.4, 0.5) is 10.8 Å². The highest BCUT2D eigenvalue weighted by Gasteiger charge is 2.34. The molecular weight excluding hydrogens is 368 g/mol. The molecule has 1 saturated heterocycles. The second kappa shape index (κ2) is 7.84. The molecule has 3 heterocycles. The fraction of sp³-hybridized carbons (Fsp3) is 0.474. The summed E-state index contributed by atoms with van der Waals surface area (Å²) in [6.45, 7) is 3.46. The Labute approximate surface area is 161 Å². The van der Waals surface area contributed by atoms with E-state index in [1.165, 1.54) is 0 Å². The first-order chi connectivity index (χ1) is 13.1. The number of aromatic nitrogens is 1. The highest BCUT2D eigenvalue weighted by atomic mass is 32.1. The molecule has 1 N–H and O–H groups in total. The van der Waals surface area contributed by atoms with Gasteiger partial charge < -0.3 is 24.2 Å². The molecule has 0 spiro atoms. The van der Waals surface area contributed by atoms with Gasteiger partial charge in [0.05, 0.1) is 18.3 Å². The highest BCUT2D eigenvalue weighted by molar-refractivity contribution is 7.15. The lowest BCUT2D eigenvalue weighted by molar-refractivity contribution is -0.165. The van der Waals surface area contributed by atoms with Gasteiger partial charge in [-0.25, -0.2) is 9.78 Å². The summed E-state index contributed by atoms with van der Waals surface area (Å²) in [6.07, 6.45) is 4.70. The lowest BCUT2D eigenvalue weighted by Crippen LogP contribution is -2.44. The molecule has 1 aromatic heterocycles. The molecule has 0 saturated carbocycles. The first-order valence-electron chi connectivity index (χ1n) is 9.07. The Morgan fingerprint density at radius 2 is 2.33 bits per heavy atom. The van der Waals surface area contributed by atoms with Crippen molar-refractivity contribution in [1.82, 2.24) is 4.98 Å². The van der Waals surface area contributed by atoms with Gasteiger partial charge in [-0.15, -0.1) is 11.3 Å². The average Bonchev–Trinajstić information content (AvgIpc) is 3.11. The lowest BCUT2D eigenvalue weighted by Gasteiger charge is -2.38. The Kier molecular flexibility index (Phi) is 5.29. The number of aromatic carboxylic acids is 1. The predicted octanol–water partition coefficient (Wildman–Crippen LogP) is 3.59. The van der Waals surface area contributed by atoms with E-state index < -0.39 is 5.97 Å². The Morgan fingerprint density at radius 1 is 1.44 bits per heavy atom.